The van der Waals surface area contributed by atoms with Crippen LogP contribution in [0.1, 0.15) is 33.1 Å². The summed E-state index contributed by atoms with van der Waals surface area (Å²) in [6.45, 7) is 11.9. The predicted molar refractivity (Wildman–Crippen MR) is 120 cm³/mol. The van der Waals surface area contributed by atoms with Gasteiger partial charge in [0, 0.05) is 37.6 Å². The SMILES string of the molecule is CCOC(=O)Nc1cccc(N2CCN(CCC3CCN(CC(C)=O)CC3)CC2)c1. The largest absolute Gasteiger partial charge is 0.450 e. The maximum atomic E-state index is 11.6. The fraction of sp³-hybridized carbons (Fsp3) is 0.652. The summed E-state index contributed by atoms with van der Waals surface area (Å²) in [7, 11) is 0. The maximum Gasteiger partial charge on any atom is 0.411 e. The topological polar surface area (TPSA) is 65.1 Å². The molecule has 0 spiro atoms. The molecule has 3 rings (SSSR count). The van der Waals surface area contributed by atoms with Crippen LogP contribution >= 0.6 is 0 Å². The minimum atomic E-state index is -0.411. The molecule has 1 amide bonds. The van der Waals surface area contributed by atoms with Crippen LogP contribution < -0.4 is 10.2 Å². The van der Waals surface area contributed by atoms with Crippen molar-refractivity contribution in [3.8, 4) is 0 Å². The predicted octanol–water partition coefficient (Wildman–Crippen LogP) is 3.07. The van der Waals surface area contributed by atoms with E-state index in [1.54, 1.807) is 13.8 Å². The van der Waals surface area contributed by atoms with E-state index < -0.39 is 6.09 Å². The number of piperidine rings is 1. The molecule has 2 aliphatic rings. The monoisotopic (exact) mass is 416 g/mol. The van der Waals surface area contributed by atoms with Crippen molar-refractivity contribution in [2.45, 2.75) is 33.1 Å². The summed E-state index contributed by atoms with van der Waals surface area (Å²) in [6, 6.07) is 7.97. The first-order chi connectivity index (χ1) is 14.5. The molecule has 0 unspecified atom stereocenters. The van der Waals surface area contributed by atoms with E-state index in [1.165, 1.54) is 19.3 Å². The number of amides is 1. The van der Waals surface area contributed by atoms with Crippen LogP contribution in [0.4, 0.5) is 16.2 Å². The molecule has 1 aromatic carbocycles. The first kappa shape index (κ1) is 22.6. The number of nitrogens with zero attached hydrogens (tertiary/aromatic N) is 3. The van der Waals surface area contributed by atoms with Gasteiger partial charge >= 0.3 is 6.09 Å². The van der Waals surface area contributed by atoms with Gasteiger partial charge in [-0.25, -0.2) is 4.79 Å². The number of piperazine rings is 1. The number of Topliss-reactive ketones (excluding diaryl/α,β-unsaturated/α-hetero) is 1. The molecule has 1 aromatic rings. The van der Waals surface area contributed by atoms with Crippen molar-refractivity contribution >= 4 is 23.3 Å². The highest BCUT2D eigenvalue weighted by atomic mass is 16.5. The van der Waals surface area contributed by atoms with Gasteiger partial charge in [0.05, 0.1) is 13.2 Å². The van der Waals surface area contributed by atoms with E-state index in [0.717, 1.165) is 63.1 Å². The van der Waals surface area contributed by atoms with Gasteiger partial charge in [-0.05, 0) is 76.9 Å². The van der Waals surface area contributed by atoms with Crippen LogP contribution in [0.3, 0.4) is 0 Å². The molecule has 0 bridgehead atoms. The Bertz CT molecular complexity index is 695. The second-order valence-corrected chi connectivity index (χ2v) is 8.43. The van der Waals surface area contributed by atoms with E-state index in [2.05, 4.69) is 26.1 Å². The summed E-state index contributed by atoms with van der Waals surface area (Å²) in [5.41, 5.74) is 1.91. The fourth-order valence-corrected chi connectivity index (χ4v) is 4.41. The van der Waals surface area contributed by atoms with Gasteiger partial charge in [-0.3, -0.25) is 19.9 Å². The van der Waals surface area contributed by atoms with Crippen LogP contribution in [0.2, 0.25) is 0 Å². The lowest BCUT2D eigenvalue weighted by atomic mass is 9.93. The van der Waals surface area contributed by atoms with Crippen molar-refractivity contribution in [1.82, 2.24) is 9.80 Å². The summed E-state index contributed by atoms with van der Waals surface area (Å²) in [5, 5.41) is 2.78. The van der Waals surface area contributed by atoms with E-state index in [0.29, 0.717) is 13.2 Å². The van der Waals surface area contributed by atoms with Crippen molar-refractivity contribution in [2.75, 3.05) is 69.2 Å². The van der Waals surface area contributed by atoms with Crippen molar-refractivity contribution in [1.29, 1.82) is 0 Å². The van der Waals surface area contributed by atoms with Crippen molar-refractivity contribution in [2.24, 2.45) is 5.92 Å². The molecule has 30 heavy (non-hydrogen) atoms. The Labute approximate surface area is 180 Å². The number of rotatable bonds is 8. The van der Waals surface area contributed by atoms with Gasteiger partial charge < -0.3 is 9.64 Å². The number of anilines is 2. The number of ketones is 1. The van der Waals surface area contributed by atoms with E-state index >= 15 is 0 Å². The van der Waals surface area contributed by atoms with Gasteiger partial charge in [-0.2, -0.15) is 0 Å². The molecule has 2 aliphatic heterocycles. The minimum Gasteiger partial charge on any atom is -0.450 e. The van der Waals surface area contributed by atoms with Gasteiger partial charge in [0.2, 0.25) is 0 Å². The summed E-state index contributed by atoms with van der Waals surface area (Å²) < 4.78 is 4.96. The Hall–Kier alpha value is -2.12. The second kappa shape index (κ2) is 11.3. The number of hydrogen-bond donors (Lipinski definition) is 1. The van der Waals surface area contributed by atoms with Crippen LogP contribution in [0.25, 0.3) is 0 Å². The first-order valence-electron chi connectivity index (χ1n) is 11.3. The molecule has 0 atom stereocenters. The van der Waals surface area contributed by atoms with Crippen LogP contribution in [0.5, 0.6) is 0 Å². The first-order valence-corrected chi connectivity index (χ1v) is 11.3. The quantitative estimate of drug-likeness (QED) is 0.703. The number of nitrogens with one attached hydrogen (secondary N) is 1. The van der Waals surface area contributed by atoms with Gasteiger partial charge in [-0.1, -0.05) is 6.07 Å². The van der Waals surface area contributed by atoms with Gasteiger partial charge in [0.25, 0.3) is 0 Å². The van der Waals surface area contributed by atoms with E-state index in [4.69, 9.17) is 4.74 Å². The average Bonchev–Trinajstić information content (AvgIpc) is 2.73. The Morgan fingerprint density at radius 2 is 1.80 bits per heavy atom. The Morgan fingerprint density at radius 1 is 1.07 bits per heavy atom. The number of carbonyl (C=O) groups is 2. The summed E-state index contributed by atoms with van der Waals surface area (Å²) in [6.07, 6.45) is 3.28. The van der Waals surface area contributed by atoms with Crippen LogP contribution in [0, 0.1) is 5.92 Å². The third-order valence-electron chi connectivity index (χ3n) is 6.11. The van der Waals surface area contributed by atoms with Crippen molar-refractivity contribution in [3.63, 3.8) is 0 Å². The number of ether oxygens (including phenoxy) is 1. The highest BCUT2D eigenvalue weighted by molar-refractivity contribution is 5.85. The normalized spacial score (nSPS) is 18.9. The van der Waals surface area contributed by atoms with Crippen molar-refractivity contribution < 1.29 is 14.3 Å². The standard InChI is InChI=1S/C23H36N4O3/c1-3-30-23(29)24-21-5-4-6-22(17-21)27-15-13-25(14-16-27)10-7-20-8-11-26(12-9-20)18-19(2)28/h4-6,17,20H,3,7-16,18H2,1-2H3,(H,24,29). The molecule has 0 aromatic heterocycles. The minimum absolute atomic E-state index is 0.272. The molecule has 2 fully saturated rings. The zero-order valence-electron chi connectivity index (χ0n) is 18.4. The van der Waals surface area contributed by atoms with Crippen LogP contribution in [-0.4, -0.2) is 80.6 Å². The summed E-state index contributed by atoms with van der Waals surface area (Å²) in [5.74, 6) is 1.06. The average molecular weight is 417 g/mol. The Kier molecular flexibility index (Phi) is 8.51. The smallest absolute Gasteiger partial charge is 0.411 e. The molecule has 0 saturated carbocycles. The Balaban J connectivity index is 1.38. The molecule has 7 nitrogen and oxygen atoms in total. The molecular weight excluding hydrogens is 380 g/mol. The molecular formula is C23H36N4O3. The second-order valence-electron chi connectivity index (χ2n) is 8.43. The fourth-order valence-electron chi connectivity index (χ4n) is 4.41. The zero-order valence-corrected chi connectivity index (χ0v) is 18.4. The molecule has 0 aliphatic carbocycles. The number of benzene rings is 1. The zero-order chi connectivity index (χ0) is 21.3. The lowest BCUT2D eigenvalue weighted by molar-refractivity contribution is -0.118. The third kappa shape index (κ3) is 6.99. The number of carbonyl (C=O) groups excluding carboxylic acids is 2. The van der Waals surface area contributed by atoms with E-state index in [1.807, 2.05) is 18.2 Å². The Morgan fingerprint density at radius 3 is 2.47 bits per heavy atom. The summed E-state index contributed by atoms with van der Waals surface area (Å²) in [4.78, 5) is 30.2. The summed E-state index contributed by atoms with van der Waals surface area (Å²) >= 11 is 0. The molecule has 1 N–H and O–H groups in total. The third-order valence-corrected chi connectivity index (χ3v) is 6.11. The lowest BCUT2D eigenvalue weighted by Crippen LogP contribution is -2.47. The highest BCUT2D eigenvalue weighted by Crippen LogP contribution is 2.23. The molecule has 2 heterocycles. The van der Waals surface area contributed by atoms with Gasteiger partial charge in [-0.15, -0.1) is 0 Å². The van der Waals surface area contributed by atoms with Crippen LogP contribution in [-0.2, 0) is 9.53 Å². The molecule has 7 heteroatoms. The van der Waals surface area contributed by atoms with Crippen molar-refractivity contribution in [3.05, 3.63) is 24.3 Å². The molecule has 0 radical (unpaired) electrons. The van der Waals surface area contributed by atoms with Gasteiger partial charge in [0.1, 0.15) is 5.78 Å². The lowest BCUT2D eigenvalue weighted by Gasteiger charge is -2.37. The highest BCUT2D eigenvalue weighted by Gasteiger charge is 2.22. The van der Waals surface area contributed by atoms with E-state index in [9.17, 15) is 9.59 Å². The molecule has 2 saturated heterocycles. The maximum absolute atomic E-state index is 11.6. The number of likely N-dealkylation sites (tertiary alicyclic amines) is 1. The van der Waals surface area contributed by atoms with Crippen LogP contribution in [0.15, 0.2) is 24.3 Å². The molecule has 166 valence electrons. The number of hydrogen-bond acceptors (Lipinski definition) is 6. The van der Waals surface area contributed by atoms with Gasteiger partial charge in [0.15, 0.2) is 0 Å². The van der Waals surface area contributed by atoms with E-state index in [-0.39, 0.29) is 5.78 Å².